The van der Waals surface area contributed by atoms with E-state index in [-0.39, 0.29) is 5.78 Å². The molecule has 0 amide bonds. The van der Waals surface area contributed by atoms with E-state index in [0.717, 1.165) is 5.56 Å². The number of aliphatic hydroxyl groups excluding tert-OH is 1. The first-order chi connectivity index (χ1) is 7.15. The van der Waals surface area contributed by atoms with Crippen molar-refractivity contribution in [2.45, 2.75) is 32.7 Å². The number of carbonyl (C=O) groups excluding carboxylic acids is 1. The summed E-state index contributed by atoms with van der Waals surface area (Å²) in [6.45, 7) is 3.28. The molecule has 0 radical (unpaired) electrons. The molecule has 0 saturated heterocycles. The van der Waals surface area contributed by atoms with Gasteiger partial charge in [-0.05, 0) is 12.5 Å². The molecule has 3 heteroatoms. The molecule has 0 bridgehead atoms. The third kappa shape index (κ3) is 3.46. The molecule has 1 aromatic carbocycles. The smallest absolute Gasteiger partial charge is 0.165 e. The SMILES string of the molecule is CCC(=O)C(OC(C)O)c1ccccc1. The summed E-state index contributed by atoms with van der Waals surface area (Å²) in [5, 5.41) is 9.15. The first-order valence-corrected chi connectivity index (χ1v) is 5.06. The van der Waals surface area contributed by atoms with Gasteiger partial charge in [0.25, 0.3) is 0 Å². The van der Waals surface area contributed by atoms with E-state index in [1.54, 1.807) is 6.92 Å². The molecule has 0 spiro atoms. The van der Waals surface area contributed by atoms with Crippen LogP contribution in [-0.2, 0) is 9.53 Å². The van der Waals surface area contributed by atoms with Crippen LogP contribution >= 0.6 is 0 Å². The molecule has 1 aromatic rings. The van der Waals surface area contributed by atoms with Crippen molar-refractivity contribution in [3.05, 3.63) is 35.9 Å². The molecular formula is C12H16O3. The van der Waals surface area contributed by atoms with E-state index in [0.29, 0.717) is 6.42 Å². The van der Waals surface area contributed by atoms with Gasteiger partial charge in [0.2, 0.25) is 0 Å². The number of hydrogen-bond donors (Lipinski definition) is 1. The maximum Gasteiger partial charge on any atom is 0.165 e. The average Bonchev–Trinajstić information content (AvgIpc) is 2.26. The van der Waals surface area contributed by atoms with Gasteiger partial charge in [0.1, 0.15) is 6.10 Å². The van der Waals surface area contributed by atoms with Gasteiger partial charge in [0.15, 0.2) is 12.1 Å². The predicted octanol–water partition coefficient (Wildman–Crippen LogP) is 2.06. The Balaban J connectivity index is 2.86. The van der Waals surface area contributed by atoms with Gasteiger partial charge in [0, 0.05) is 6.42 Å². The molecular weight excluding hydrogens is 192 g/mol. The molecule has 2 atom stereocenters. The molecule has 0 aromatic heterocycles. The van der Waals surface area contributed by atoms with E-state index in [4.69, 9.17) is 9.84 Å². The lowest BCUT2D eigenvalue weighted by Crippen LogP contribution is -2.20. The molecule has 1 N–H and O–H groups in total. The van der Waals surface area contributed by atoms with Gasteiger partial charge in [-0.3, -0.25) is 4.79 Å². The summed E-state index contributed by atoms with van der Waals surface area (Å²) in [6.07, 6.45) is -1.20. The Morgan fingerprint density at radius 2 is 2.00 bits per heavy atom. The third-order valence-corrected chi connectivity index (χ3v) is 2.08. The van der Waals surface area contributed by atoms with Crippen molar-refractivity contribution >= 4 is 5.78 Å². The largest absolute Gasteiger partial charge is 0.368 e. The number of carbonyl (C=O) groups is 1. The summed E-state index contributed by atoms with van der Waals surface area (Å²) < 4.78 is 5.20. The fourth-order valence-corrected chi connectivity index (χ4v) is 1.35. The lowest BCUT2D eigenvalue weighted by molar-refractivity contribution is -0.155. The zero-order valence-electron chi connectivity index (χ0n) is 9.01. The van der Waals surface area contributed by atoms with Crippen LogP contribution in [-0.4, -0.2) is 17.2 Å². The van der Waals surface area contributed by atoms with Crippen molar-refractivity contribution in [2.24, 2.45) is 0 Å². The highest BCUT2D eigenvalue weighted by Gasteiger charge is 2.20. The van der Waals surface area contributed by atoms with E-state index in [1.165, 1.54) is 6.92 Å². The molecule has 82 valence electrons. The van der Waals surface area contributed by atoms with E-state index < -0.39 is 12.4 Å². The topological polar surface area (TPSA) is 46.5 Å². The van der Waals surface area contributed by atoms with E-state index in [1.807, 2.05) is 30.3 Å². The maximum atomic E-state index is 11.6. The molecule has 3 nitrogen and oxygen atoms in total. The number of aliphatic hydroxyl groups is 1. The average molecular weight is 208 g/mol. The number of hydrogen-bond acceptors (Lipinski definition) is 3. The van der Waals surface area contributed by atoms with Crippen molar-refractivity contribution in [3.8, 4) is 0 Å². The van der Waals surface area contributed by atoms with Crippen LogP contribution < -0.4 is 0 Å². The second-order valence-electron chi connectivity index (χ2n) is 3.35. The molecule has 0 heterocycles. The lowest BCUT2D eigenvalue weighted by atomic mass is 10.0. The Morgan fingerprint density at radius 1 is 1.40 bits per heavy atom. The van der Waals surface area contributed by atoms with Crippen molar-refractivity contribution in [1.82, 2.24) is 0 Å². The van der Waals surface area contributed by atoms with Crippen LogP contribution in [0.4, 0.5) is 0 Å². The fourth-order valence-electron chi connectivity index (χ4n) is 1.35. The standard InChI is InChI=1S/C12H16O3/c1-3-11(14)12(15-9(2)13)10-7-5-4-6-8-10/h4-9,12-13H,3H2,1-2H3. The minimum absolute atomic E-state index is 0.0258. The highest BCUT2D eigenvalue weighted by molar-refractivity contribution is 5.84. The van der Waals surface area contributed by atoms with Crippen LogP contribution in [0.1, 0.15) is 31.9 Å². The molecule has 15 heavy (non-hydrogen) atoms. The Kier molecular flexibility index (Phi) is 4.46. The zero-order valence-corrected chi connectivity index (χ0v) is 9.01. The van der Waals surface area contributed by atoms with Crippen molar-refractivity contribution in [3.63, 3.8) is 0 Å². The second kappa shape index (κ2) is 5.63. The Morgan fingerprint density at radius 3 is 2.47 bits per heavy atom. The quantitative estimate of drug-likeness (QED) is 0.753. The molecule has 0 saturated carbocycles. The third-order valence-electron chi connectivity index (χ3n) is 2.08. The van der Waals surface area contributed by atoms with Gasteiger partial charge in [-0.25, -0.2) is 0 Å². The number of ether oxygens (including phenoxy) is 1. The fraction of sp³-hybridized carbons (Fsp3) is 0.417. The maximum absolute atomic E-state index is 11.6. The van der Waals surface area contributed by atoms with Crippen LogP contribution in [0.3, 0.4) is 0 Å². The summed E-state index contributed by atoms with van der Waals surface area (Å²) in [7, 11) is 0. The number of ketones is 1. The highest BCUT2D eigenvalue weighted by atomic mass is 16.6. The van der Waals surface area contributed by atoms with Crippen LogP contribution in [0.5, 0.6) is 0 Å². The summed E-state index contributed by atoms with van der Waals surface area (Å²) in [6, 6.07) is 9.20. The van der Waals surface area contributed by atoms with Crippen molar-refractivity contribution in [2.75, 3.05) is 0 Å². The van der Waals surface area contributed by atoms with Crippen LogP contribution in [0.2, 0.25) is 0 Å². The molecule has 1 rings (SSSR count). The lowest BCUT2D eigenvalue weighted by Gasteiger charge is -2.18. The highest BCUT2D eigenvalue weighted by Crippen LogP contribution is 2.20. The second-order valence-corrected chi connectivity index (χ2v) is 3.35. The van der Waals surface area contributed by atoms with Gasteiger partial charge >= 0.3 is 0 Å². The Labute approximate surface area is 89.7 Å². The van der Waals surface area contributed by atoms with Gasteiger partial charge in [0.05, 0.1) is 0 Å². The normalized spacial score (nSPS) is 14.6. The number of Topliss-reactive ketones (excluding diaryl/α,β-unsaturated/α-hetero) is 1. The van der Waals surface area contributed by atoms with Gasteiger partial charge in [-0.1, -0.05) is 37.3 Å². The summed E-state index contributed by atoms with van der Waals surface area (Å²) in [4.78, 5) is 11.6. The minimum Gasteiger partial charge on any atom is -0.368 e. The van der Waals surface area contributed by atoms with Crippen molar-refractivity contribution < 1.29 is 14.6 Å². The molecule has 0 fully saturated rings. The van der Waals surface area contributed by atoms with Crippen LogP contribution in [0.25, 0.3) is 0 Å². The summed E-state index contributed by atoms with van der Waals surface area (Å²) in [5.41, 5.74) is 0.783. The first-order valence-electron chi connectivity index (χ1n) is 5.06. The summed E-state index contributed by atoms with van der Waals surface area (Å²) in [5.74, 6) is -0.0258. The molecule has 0 aliphatic carbocycles. The van der Waals surface area contributed by atoms with E-state index >= 15 is 0 Å². The number of benzene rings is 1. The van der Waals surface area contributed by atoms with Crippen molar-refractivity contribution in [1.29, 1.82) is 0 Å². The van der Waals surface area contributed by atoms with Gasteiger partial charge in [-0.15, -0.1) is 0 Å². The van der Waals surface area contributed by atoms with E-state index in [2.05, 4.69) is 0 Å². The zero-order chi connectivity index (χ0) is 11.3. The molecule has 0 aliphatic rings. The molecule has 2 unspecified atom stereocenters. The van der Waals surface area contributed by atoms with Crippen LogP contribution in [0, 0.1) is 0 Å². The van der Waals surface area contributed by atoms with Gasteiger partial charge < -0.3 is 9.84 Å². The monoisotopic (exact) mass is 208 g/mol. The predicted molar refractivity (Wildman–Crippen MR) is 57.2 cm³/mol. The molecule has 0 aliphatic heterocycles. The Hall–Kier alpha value is -1.19. The summed E-state index contributed by atoms with van der Waals surface area (Å²) >= 11 is 0. The minimum atomic E-state index is -0.939. The Bertz CT molecular complexity index is 306. The van der Waals surface area contributed by atoms with Gasteiger partial charge in [-0.2, -0.15) is 0 Å². The first kappa shape index (κ1) is 11.9. The number of rotatable bonds is 5. The van der Waals surface area contributed by atoms with E-state index in [9.17, 15) is 4.79 Å². The van der Waals surface area contributed by atoms with Crippen LogP contribution in [0.15, 0.2) is 30.3 Å².